The summed E-state index contributed by atoms with van der Waals surface area (Å²) in [6.45, 7) is 0. The maximum absolute atomic E-state index is 11.9. The van der Waals surface area contributed by atoms with Crippen molar-refractivity contribution in [2.45, 2.75) is 0 Å². The highest BCUT2D eigenvalue weighted by atomic mass is 19.4. The largest absolute Gasteiger partial charge is 0.317 e. The SMILES string of the molecule is O=[N+]([O-])[N-]c1nc(N(F)F)nc(N(F)F)n1. The van der Waals surface area contributed by atoms with Crippen molar-refractivity contribution in [2.75, 3.05) is 10.7 Å². The van der Waals surface area contributed by atoms with Gasteiger partial charge in [0.15, 0.2) is 0 Å². The molecule has 0 bridgehead atoms. The molecule has 9 nitrogen and oxygen atoms in total. The van der Waals surface area contributed by atoms with Crippen LogP contribution in [-0.4, -0.2) is 20.0 Å². The van der Waals surface area contributed by atoms with Crippen LogP contribution in [0.15, 0.2) is 0 Å². The van der Waals surface area contributed by atoms with E-state index in [1.54, 1.807) is 0 Å². The maximum atomic E-state index is 11.9. The van der Waals surface area contributed by atoms with E-state index in [2.05, 4.69) is 20.4 Å². The average molecular weight is 242 g/mol. The fourth-order valence-corrected chi connectivity index (χ4v) is 0.612. The van der Waals surface area contributed by atoms with E-state index in [1.165, 1.54) is 0 Å². The third-order valence-electron chi connectivity index (χ3n) is 1.07. The molecule has 0 unspecified atom stereocenters. The third-order valence-corrected chi connectivity index (χ3v) is 1.07. The van der Waals surface area contributed by atoms with E-state index in [0.717, 1.165) is 0 Å². The van der Waals surface area contributed by atoms with Crippen LogP contribution in [0.25, 0.3) is 5.43 Å². The Hall–Kier alpha value is -2.47. The van der Waals surface area contributed by atoms with Gasteiger partial charge in [-0.3, -0.25) is 0 Å². The van der Waals surface area contributed by atoms with Gasteiger partial charge in [-0.05, 0) is 10.7 Å². The molecule has 0 saturated heterocycles. The third kappa shape index (κ3) is 2.76. The topological polar surface area (TPSA) is 102 Å². The van der Waals surface area contributed by atoms with Crippen molar-refractivity contribution in [2.24, 2.45) is 0 Å². The summed E-state index contributed by atoms with van der Waals surface area (Å²) in [7, 11) is 0. The molecule has 1 rings (SSSR count). The molecule has 0 N–H and O–H groups in total. The molecule has 0 aliphatic heterocycles. The van der Waals surface area contributed by atoms with Crippen LogP contribution in [0.5, 0.6) is 0 Å². The van der Waals surface area contributed by atoms with E-state index in [-0.39, 0.29) is 0 Å². The second-order valence-corrected chi connectivity index (χ2v) is 2.04. The molecule has 88 valence electrons. The molecule has 16 heavy (non-hydrogen) atoms. The summed E-state index contributed by atoms with van der Waals surface area (Å²) < 4.78 is 47.7. The molecule has 1 aromatic heterocycles. The minimum atomic E-state index is -1.71. The molecule has 0 radical (unpaired) electrons. The van der Waals surface area contributed by atoms with E-state index in [4.69, 9.17) is 0 Å². The fraction of sp³-hybridized carbons (Fsp3) is 0. The van der Waals surface area contributed by atoms with E-state index in [9.17, 15) is 28.0 Å². The van der Waals surface area contributed by atoms with Gasteiger partial charge in [-0.15, -0.1) is 0 Å². The molecule has 0 aromatic carbocycles. The van der Waals surface area contributed by atoms with E-state index in [1.807, 2.05) is 0 Å². The smallest absolute Gasteiger partial charge is 0.222 e. The molecule has 1 aromatic rings. The van der Waals surface area contributed by atoms with Gasteiger partial charge in [0, 0.05) is 0 Å². The summed E-state index contributed by atoms with van der Waals surface area (Å²) in [6.07, 6.45) is 0. The van der Waals surface area contributed by atoms with E-state index in [0.29, 0.717) is 0 Å². The highest BCUT2D eigenvalue weighted by molar-refractivity contribution is 5.41. The van der Waals surface area contributed by atoms with Crippen molar-refractivity contribution in [3.05, 3.63) is 15.5 Å². The first-order valence-electron chi connectivity index (χ1n) is 3.25. The van der Waals surface area contributed by atoms with Gasteiger partial charge in [0.25, 0.3) is 0 Å². The molecule has 0 amide bonds. The van der Waals surface area contributed by atoms with Gasteiger partial charge in [-0.25, -0.2) is 10.1 Å². The van der Waals surface area contributed by atoms with Crippen LogP contribution in [0.3, 0.4) is 0 Å². The van der Waals surface area contributed by atoms with E-state index >= 15 is 0 Å². The Morgan fingerprint density at radius 2 is 1.50 bits per heavy atom. The Labute approximate surface area is 83.2 Å². The lowest BCUT2D eigenvalue weighted by Crippen LogP contribution is -2.09. The minimum Gasteiger partial charge on any atom is -0.317 e. The number of halogens is 4. The van der Waals surface area contributed by atoms with Crippen LogP contribution in [0.2, 0.25) is 0 Å². The van der Waals surface area contributed by atoms with Gasteiger partial charge in [-0.1, -0.05) is 23.4 Å². The average Bonchev–Trinajstić information content (AvgIpc) is 2.15. The normalized spacial score (nSPS) is 9.75. The predicted molar refractivity (Wildman–Crippen MR) is 39.2 cm³/mol. The Morgan fingerprint density at radius 1 is 1.06 bits per heavy atom. The van der Waals surface area contributed by atoms with Crippen molar-refractivity contribution < 1.29 is 23.0 Å². The monoisotopic (exact) mass is 242 g/mol. The zero-order valence-electron chi connectivity index (χ0n) is 6.96. The van der Waals surface area contributed by atoms with E-state index < -0.39 is 33.6 Å². The minimum absolute atomic E-state index is 1.18. The summed E-state index contributed by atoms with van der Waals surface area (Å²) in [5.41, 5.74) is 2.39. The Morgan fingerprint density at radius 3 is 1.81 bits per heavy atom. The number of rotatable bonds is 4. The fourth-order valence-electron chi connectivity index (χ4n) is 0.612. The summed E-state index contributed by atoms with van der Waals surface area (Å²) in [4.78, 5) is 17.9. The van der Waals surface area contributed by atoms with Gasteiger partial charge in [-0.2, -0.15) is 4.98 Å². The van der Waals surface area contributed by atoms with Crippen LogP contribution in [0.1, 0.15) is 0 Å². The van der Waals surface area contributed by atoms with Gasteiger partial charge >= 0.3 is 0 Å². The lowest BCUT2D eigenvalue weighted by atomic mass is 10.8. The molecule has 0 saturated carbocycles. The second-order valence-electron chi connectivity index (χ2n) is 2.04. The highest BCUT2D eigenvalue weighted by Crippen LogP contribution is 2.21. The van der Waals surface area contributed by atoms with Gasteiger partial charge in [0.1, 0.15) is 11.0 Å². The van der Waals surface area contributed by atoms with Gasteiger partial charge in [0.05, 0.1) is 0 Å². The molecule has 0 spiro atoms. The van der Waals surface area contributed by atoms with Crippen LogP contribution < -0.4 is 10.7 Å². The Balaban J connectivity index is 3.13. The molecule has 0 fully saturated rings. The molecule has 0 aliphatic carbocycles. The first-order chi connectivity index (χ1) is 7.40. The molecule has 1 heterocycles. The maximum Gasteiger partial charge on any atom is 0.222 e. The lowest BCUT2D eigenvalue weighted by Gasteiger charge is -2.11. The molecular weight excluding hydrogens is 242 g/mol. The summed E-state index contributed by atoms with van der Waals surface area (Å²) >= 11 is 0. The number of aromatic nitrogens is 3. The van der Waals surface area contributed by atoms with Gasteiger partial charge < -0.3 is 9.97 Å². The number of nitrogens with zero attached hydrogens (tertiary/aromatic N) is 7. The number of hydrogen-bond donors (Lipinski definition) is 0. The first-order valence-corrected chi connectivity index (χ1v) is 3.25. The quantitative estimate of drug-likeness (QED) is 0.338. The second kappa shape index (κ2) is 4.37. The zero-order chi connectivity index (χ0) is 12.3. The lowest BCUT2D eigenvalue weighted by molar-refractivity contribution is -0.419. The van der Waals surface area contributed by atoms with Crippen LogP contribution >= 0.6 is 0 Å². The van der Waals surface area contributed by atoms with Crippen LogP contribution in [0.4, 0.5) is 35.8 Å². The summed E-state index contributed by atoms with van der Waals surface area (Å²) in [5.74, 6) is -4.16. The van der Waals surface area contributed by atoms with Crippen LogP contribution in [0, 0.1) is 10.1 Å². The predicted octanol–water partition coefficient (Wildman–Crippen LogP) is 1.22. The number of hydrogen-bond acceptors (Lipinski definition) is 7. The zero-order valence-corrected chi connectivity index (χ0v) is 6.96. The molecular formula is C3F4N7O2-. The first kappa shape index (κ1) is 11.6. The number of nitro groups is 1. The standard InChI is InChI=1S/C3F4N7O2/c4-12(5)2-8-1(11-14(15)16)9-3(10-2)13(6)7/q-1. The Bertz CT molecular complexity index is 373. The number of anilines is 2. The van der Waals surface area contributed by atoms with Crippen molar-refractivity contribution >= 4 is 17.8 Å². The van der Waals surface area contributed by atoms with Crippen LogP contribution in [-0.2, 0) is 0 Å². The summed E-state index contributed by atoms with van der Waals surface area (Å²) in [5, 5.41) is 5.11. The summed E-state index contributed by atoms with van der Waals surface area (Å²) in [6, 6.07) is 0. The molecule has 13 heteroatoms. The molecule has 0 atom stereocenters. The highest BCUT2D eigenvalue weighted by Gasteiger charge is 2.12. The van der Waals surface area contributed by atoms with Crippen molar-refractivity contribution in [1.82, 2.24) is 15.0 Å². The van der Waals surface area contributed by atoms with Gasteiger partial charge in [0.2, 0.25) is 11.9 Å². The Kier molecular flexibility index (Phi) is 3.17. The van der Waals surface area contributed by atoms with Crippen molar-refractivity contribution in [1.29, 1.82) is 0 Å². The van der Waals surface area contributed by atoms with Crippen molar-refractivity contribution in [3.63, 3.8) is 0 Å². The molecule has 0 aliphatic rings. The van der Waals surface area contributed by atoms with Crippen molar-refractivity contribution in [3.8, 4) is 0 Å².